The van der Waals surface area contributed by atoms with Crippen LogP contribution in [-0.2, 0) is 4.79 Å². The predicted molar refractivity (Wildman–Crippen MR) is 29.9 cm³/mol. The van der Waals surface area contributed by atoms with Gasteiger partial charge in [0.15, 0.2) is 0 Å². The Morgan fingerprint density at radius 1 is 1.88 bits per heavy atom. The molecule has 0 aliphatic carbocycles. The van der Waals surface area contributed by atoms with Crippen LogP contribution in [0, 0.1) is 24.7 Å². The van der Waals surface area contributed by atoms with Gasteiger partial charge in [0.1, 0.15) is 0 Å². The summed E-state index contributed by atoms with van der Waals surface area (Å²) in [7, 11) is 0. The van der Waals surface area contributed by atoms with Crippen LogP contribution < -0.4 is 0 Å². The number of carboxylic acid groups (broad SMARTS) is 1. The van der Waals surface area contributed by atoms with Gasteiger partial charge in [-0.15, -0.1) is 0 Å². The van der Waals surface area contributed by atoms with Crippen molar-refractivity contribution in [1.82, 2.24) is 0 Å². The molecule has 1 radical (unpaired) electrons. The zero-order valence-electron chi connectivity index (χ0n) is 4.64. The lowest BCUT2D eigenvalue weighted by Gasteiger charge is -1.82. The van der Waals surface area contributed by atoms with Crippen molar-refractivity contribution in [3.05, 3.63) is 6.92 Å². The molecule has 1 unspecified atom stereocenters. The fraction of sp³-hybridized carbons (Fsp3) is 0.333. The summed E-state index contributed by atoms with van der Waals surface area (Å²) in [6.45, 7) is 5.21. The molecule has 43 valence electrons. The number of aliphatic carboxylic acids is 1. The van der Waals surface area contributed by atoms with Gasteiger partial charge in [-0.1, -0.05) is 12.8 Å². The fourth-order valence-electron chi connectivity index (χ4n) is 0.185. The molecule has 0 fully saturated rings. The lowest BCUT2D eigenvalue weighted by Crippen LogP contribution is -1.88. The van der Waals surface area contributed by atoms with Crippen molar-refractivity contribution in [3.8, 4) is 11.8 Å². The Labute approximate surface area is 48.5 Å². The van der Waals surface area contributed by atoms with Gasteiger partial charge < -0.3 is 5.11 Å². The molecule has 1 N–H and O–H groups in total. The standard InChI is InChI=1S/C6H7O2/c1-5(2)3-4-6(7)8/h5H,1H2,2H3,(H,7,8). The molecular formula is C6H7O2. The highest BCUT2D eigenvalue weighted by molar-refractivity contribution is 5.86. The molecular weight excluding hydrogens is 104 g/mol. The Bertz CT molecular complexity index is 136. The topological polar surface area (TPSA) is 37.3 Å². The van der Waals surface area contributed by atoms with Gasteiger partial charge in [-0.05, 0) is 6.92 Å². The summed E-state index contributed by atoms with van der Waals surface area (Å²) in [6.07, 6.45) is 0. The monoisotopic (exact) mass is 111 g/mol. The van der Waals surface area contributed by atoms with Crippen molar-refractivity contribution in [3.63, 3.8) is 0 Å². The summed E-state index contributed by atoms with van der Waals surface area (Å²) in [5.41, 5.74) is 0. The van der Waals surface area contributed by atoms with E-state index in [9.17, 15) is 4.79 Å². The zero-order valence-corrected chi connectivity index (χ0v) is 4.64. The van der Waals surface area contributed by atoms with E-state index in [1.54, 1.807) is 6.92 Å². The molecule has 0 bridgehead atoms. The minimum absolute atomic E-state index is 0.105. The van der Waals surface area contributed by atoms with E-state index in [4.69, 9.17) is 5.11 Å². The van der Waals surface area contributed by atoms with Crippen LogP contribution in [0.3, 0.4) is 0 Å². The van der Waals surface area contributed by atoms with Gasteiger partial charge in [0.25, 0.3) is 0 Å². The molecule has 0 saturated carbocycles. The minimum atomic E-state index is -1.10. The number of hydrogen-bond donors (Lipinski definition) is 1. The van der Waals surface area contributed by atoms with Gasteiger partial charge >= 0.3 is 5.97 Å². The molecule has 0 aromatic carbocycles. The molecule has 0 rings (SSSR count). The van der Waals surface area contributed by atoms with Crippen LogP contribution in [0.4, 0.5) is 0 Å². The minimum Gasteiger partial charge on any atom is -0.472 e. The molecule has 0 amide bonds. The number of carbonyl (C=O) groups is 1. The average Bonchev–Trinajstić information content (AvgIpc) is 1.61. The van der Waals surface area contributed by atoms with E-state index >= 15 is 0 Å². The van der Waals surface area contributed by atoms with Crippen LogP contribution in [-0.4, -0.2) is 11.1 Å². The largest absolute Gasteiger partial charge is 0.472 e. The highest BCUT2D eigenvalue weighted by atomic mass is 16.4. The van der Waals surface area contributed by atoms with Crippen LogP contribution >= 0.6 is 0 Å². The third-order valence-corrected chi connectivity index (χ3v) is 0.426. The van der Waals surface area contributed by atoms with Gasteiger partial charge in [0.05, 0.1) is 0 Å². The maximum absolute atomic E-state index is 9.70. The molecule has 0 aliphatic heterocycles. The van der Waals surface area contributed by atoms with Gasteiger partial charge in [0.2, 0.25) is 0 Å². The predicted octanol–water partition coefficient (Wildman–Crippen LogP) is 0.545. The molecule has 0 aliphatic rings. The first kappa shape index (κ1) is 7.03. The van der Waals surface area contributed by atoms with Crippen molar-refractivity contribution in [2.75, 3.05) is 0 Å². The Balaban J connectivity index is 3.68. The van der Waals surface area contributed by atoms with Crippen molar-refractivity contribution >= 4 is 5.97 Å². The molecule has 0 aromatic heterocycles. The quantitative estimate of drug-likeness (QED) is 0.463. The fourth-order valence-corrected chi connectivity index (χ4v) is 0.185. The van der Waals surface area contributed by atoms with Crippen LogP contribution in [0.1, 0.15) is 6.92 Å². The van der Waals surface area contributed by atoms with Gasteiger partial charge in [-0.25, -0.2) is 4.79 Å². The average molecular weight is 111 g/mol. The first-order valence-corrected chi connectivity index (χ1v) is 2.20. The van der Waals surface area contributed by atoms with Crippen LogP contribution in [0.2, 0.25) is 0 Å². The number of carboxylic acids is 1. The second kappa shape index (κ2) is 3.09. The summed E-state index contributed by atoms with van der Waals surface area (Å²) in [5, 5.41) is 7.96. The molecule has 0 spiro atoms. The Hall–Kier alpha value is -0.970. The van der Waals surface area contributed by atoms with Crippen molar-refractivity contribution in [2.24, 2.45) is 5.92 Å². The summed E-state index contributed by atoms with van der Waals surface area (Å²) in [6, 6.07) is 0. The van der Waals surface area contributed by atoms with E-state index in [0.29, 0.717) is 0 Å². The maximum atomic E-state index is 9.70. The highest BCUT2D eigenvalue weighted by Gasteiger charge is 1.84. The normalized spacial score (nSPS) is 7.88. The van der Waals surface area contributed by atoms with Crippen molar-refractivity contribution < 1.29 is 9.90 Å². The molecule has 0 heterocycles. The third kappa shape index (κ3) is 5.03. The van der Waals surface area contributed by atoms with Crippen LogP contribution in [0.25, 0.3) is 0 Å². The smallest absolute Gasteiger partial charge is 0.381 e. The third-order valence-electron chi connectivity index (χ3n) is 0.426. The van der Waals surface area contributed by atoms with E-state index in [1.807, 2.05) is 5.92 Å². The Morgan fingerprint density at radius 3 is 2.50 bits per heavy atom. The van der Waals surface area contributed by atoms with Crippen LogP contribution in [0.5, 0.6) is 0 Å². The second-order valence-corrected chi connectivity index (χ2v) is 1.48. The molecule has 0 saturated heterocycles. The van der Waals surface area contributed by atoms with E-state index in [2.05, 4.69) is 12.8 Å². The van der Waals surface area contributed by atoms with Crippen LogP contribution in [0.15, 0.2) is 0 Å². The summed E-state index contributed by atoms with van der Waals surface area (Å²) in [4.78, 5) is 9.70. The lowest BCUT2D eigenvalue weighted by atomic mass is 10.2. The lowest BCUT2D eigenvalue weighted by molar-refractivity contribution is -0.130. The van der Waals surface area contributed by atoms with Gasteiger partial charge in [0, 0.05) is 11.8 Å². The zero-order chi connectivity index (χ0) is 6.57. The Morgan fingerprint density at radius 2 is 2.38 bits per heavy atom. The molecule has 0 aromatic rings. The first-order valence-electron chi connectivity index (χ1n) is 2.20. The molecule has 2 heteroatoms. The molecule has 8 heavy (non-hydrogen) atoms. The summed E-state index contributed by atoms with van der Waals surface area (Å²) >= 11 is 0. The first-order chi connectivity index (χ1) is 3.63. The Kier molecular flexibility index (Phi) is 2.71. The maximum Gasteiger partial charge on any atom is 0.381 e. The van der Waals surface area contributed by atoms with Gasteiger partial charge in [-0.3, -0.25) is 0 Å². The second-order valence-electron chi connectivity index (χ2n) is 1.48. The summed E-state index contributed by atoms with van der Waals surface area (Å²) in [5.74, 6) is 3.13. The van der Waals surface area contributed by atoms with E-state index in [-0.39, 0.29) is 5.92 Å². The van der Waals surface area contributed by atoms with E-state index in [0.717, 1.165) is 0 Å². The molecule has 1 atom stereocenters. The van der Waals surface area contributed by atoms with Crippen molar-refractivity contribution in [1.29, 1.82) is 0 Å². The highest BCUT2D eigenvalue weighted by Crippen LogP contribution is 1.83. The van der Waals surface area contributed by atoms with Gasteiger partial charge in [-0.2, -0.15) is 0 Å². The number of rotatable bonds is 0. The molecule has 2 nitrogen and oxygen atoms in total. The van der Waals surface area contributed by atoms with E-state index < -0.39 is 5.97 Å². The van der Waals surface area contributed by atoms with E-state index in [1.165, 1.54) is 0 Å². The van der Waals surface area contributed by atoms with Crippen molar-refractivity contribution in [2.45, 2.75) is 6.92 Å². The number of hydrogen-bond acceptors (Lipinski definition) is 1. The summed E-state index contributed by atoms with van der Waals surface area (Å²) < 4.78 is 0. The SMILES string of the molecule is [CH2]C(C)C#CC(=O)O.